The minimum atomic E-state index is -0.155. The summed E-state index contributed by atoms with van der Waals surface area (Å²) in [5, 5.41) is 3.54. The number of nitrogens with zero attached hydrogens (tertiary/aromatic N) is 3. The van der Waals surface area contributed by atoms with Crippen LogP contribution in [-0.2, 0) is 11.2 Å². The third kappa shape index (κ3) is 3.98. The van der Waals surface area contributed by atoms with Crippen LogP contribution in [0.15, 0.2) is 30.6 Å². The standard InChI is InChI=1S/C22H30N4O/c1-22(8-3-2-4-9-22)21(27)26-13-12-23-15-17(16-26)14-18-7-11-24-19-6-5-10-25-20(18)19/h5-7,10-11,17,23H,2-4,8-9,12-16H2,1H3/t17-/m1/s1. The monoisotopic (exact) mass is 366 g/mol. The maximum absolute atomic E-state index is 13.3. The average Bonchev–Trinajstić information content (AvgIpc) is 2.94. The third-order valence-corrected chi connectivity index (χ3v) is 6.32. The van der Waals surface area contributed by atoms with Crippen LogP contribution in [0.25, 0.3) is 11.0 Å². The molecule has 2 fully saturated rings. The summed E-state index contributed by atoms with van der Waals surface area (Å²) < 4.78 is 0. The largest absolute Gasteiger partial charge is 0.341 e. The van der Waals surface area contributed by atoms with Crippen LogP contribution in [0.4, 0.5) is 0 Å². The second-order valence-corrected chi connectivity index (χ2v) is 8.49. The van der Waals surface area contributed by atoms with Gasteiger partial charge in [0.1, 0.15) is 0 Å². The number of hydrogen-bond acceptors (Lipinski definition) is 4. The Morgan fingerprint density at radius 2 is 2.07 bits per heavy atom. The van der Waals surface area contributed by atoms with Gasteiger partial charge in [-0.15, -0.1) is 0 Å². The predicted molar refractivity (Wildman–Crippen MR) is 107 cm³/mol. The van der Waals surface area contributed by atoms with Crippen LogP contribution in [-0.4, -0.2) is 47.0 Å². The van der Waals surface area contributed by atoms with Crippen molar-refractivity contribution in [2.24, 2.45) is 11.3 Å². The van der Waals surface area contributed by atoms with Gasteiger partial charge in [0.15, 0.2) is 0 Å². The van der Waals surface area contributed by atoms with Gasteiger partial charge in [0.05, 0.1) is 11.0 Å². The highest BCUT2D eigenvalue weighted by atomic mass is 16.2. The summed E-state index contributed by atoms with van der Waals surface area (Å²) in [5.41, 5.74) is 3.00. The Hall–Kier alpha value is -2.01. The van der Waals surface area contributed by atoms with Crippen molar-refractivity contribution in [3.8, 4) is 0 Å². The van der Waals surface area contributed by atoms with Gasteiger partial charge >= 0.3 is 0 Å². The second-order valence-electron chi connectivity index (χ2n) is 8.49. The van der Waals surface area contributed by atoms with Gasteiger partial charge in [0.2, 0.25) is 5.91 Å². The summed E-state index contributed by atoms with van der Waals surface area (Å²) in [6.45, 7) is 5.66. The van der Waals surface area contributed by atoms with E-state index < -0.39 is 0 Å². The van der Waals surface area contributed by atoms with Crippen LogP contribution in [0.3, 0.4) is 0 Å². The molecule has 1 atom stereocenters. The number of amides is 1. The quantitative estimate of drug-likeness (QED) is 0.906. The van der Waals surface area contributed by atoms with Crippen LogP contribution < -0.4 is 5.32 Å². The van der Waals surface area contributed by atoms with E-state index in [1.165, 1.54) is 24.8 Å². The lowest BCUT2D eigenvalue weighted by Gasteiger charge is -2.37. The Bertz CT molecular complexity index is 795. The number of aromatic nitrogens is 2. The molecule has 5 nitrogen and oxygen atoms in total. The molecule has 1 saturated carbocycles. The van der Waals surface area contributed by atoms with Crippen molar-refractivity contribution in [3.05, 3.63) is 36.2 Å². The fourth-order valence-corrected chi connectivity index (χ4v) is 4.75. The summed E-state index contributed by atoms with van der Waals surface area (Å²) in [6, 6.07) is 6.02. The van der Waals surface area contributed by atoms with E-state index in [1.54, 1.807) is 0 Å². The van der Waals surface area contributed by atoms with E-state index in [-0.39, 0.29) is 5.41 Å². The number of fused-ring (bicyclic) bond motifs is 1. The first-order valence-electron chi connectivity index (χ1n) is 10.3. The van der Waals surface area contributed by atoms with Crippen LogP contribution in [0.2, 0.25) is 0 Å². The molecule has 2 aliphatic rings. The van der Waals surface area contributed by atoms with Crippen LogP contribution in [0.1, 0.15) is 44.6 Å². The molecule has 0 spiro atoms. The third-order valence-electron chi connectivity index (χ3n) is 6.32. The van der Waals surface area contributed by atoms with E-state index in [9.17, 15) is 4.79 Å². The zero-order valence-corrected chi connectivity index (χ0v) is 16.3. The van der Waals surface area contributed by atoms with Gasteiger partial charge in [-0.05, 0) is 48.9 Å². The Morgan fingerprint density at radius 3 is 2.93 bits per heavy atom. The second kappa shape index (κ2) is 7.93. The molecule has 4 rings (SSSR count). The summed E-state index contributed by atoms with van der Waals surface area (Å²) in [7, 11) is 0. The summed E-state index contributed by atoms with van der Waals surface area (Å²) in [5.74, 6) is 0.768. The van der Waals surface area contributed by atoms with Crippen LogP contribution in [0, 0.1) is 11.3 Å². The minimum Gasteiger partial charge on any atom is -0.341 e. The zero-order valence-electron chi connectivity index (χ0n) is 16.3. The minimum absolute atomic E-state index is 0.155. The lowest BCUT2D eigenvalue weighted by Crippen LogP contribution is -2.46. The first-order chi connectivity index (χ1) is 13.2. The molecule has 1 N–H and O–H groups in total. The zero-order chi connectivity index (χ0) is 18.7. The molecule has 144 valence electrons. The van der Waals surface area contributed by atoms with Crippen molar-refractivity contribution in [1.29, 1.82) is 0 Å². The fraction of sp³-hybridized carbons (Fsp3) is 0.591. The summed E-state index contributed by atoms with van der Waals surface area (Å²) in [4.78, 5) is 24.4. The Balaban J connectivity index is 1.50. The van der Waals surface area contributed by atoms with Gasteiger partial charge in [0.25, 0.3) is 0 Å². The highest BCUT2D eigenvalue weighted by molar-refractivity contribution is 5.82. The molecule has 1 aliphatic carbocycles. The number of carbonyl (C=O) groups is 1. The van der Waals surface area contributed by atoms with Crippen molar-refractivity contribution >= 4 is 16.9 Å². The van der Waals surface area contributed by atoms with E-state index in [4.69, 9.17) is 0 Å². The molecule has 0 unspecified atom stereocenters. The molecular weight excluding hydrogens is 336 g/mol. The molecule has 27 heavy (non-hydrogen) atoms. The lowest BCUT2D eigenvalue weighted by molar-refractivity contribution is -0.143. The molecular formula is C22H30N4O. The van der Waals surface area contributed by atoms with E-state index in [2.05, 4.69) is 33.2 Å². The first-order valence-corrected chi connectivity index (χ1v) is 10.3. The molecule has 1 saturated heterocycles. The molecule has 0 radical (unpaired) electrons. The van der Waals surface area contributed by atoms with Crippen molar-refractivity contribution in [1.82, 2.24) is 20.2 Å². The number of pyridine rings is 2. The van der Waals surface area contributed by atoms with E-state index in [1.807, 2.05) is 24.5 Å². The molecule has 1 aliphatic heterocycles. The molecule has 5 heteroatoms. The number of rotatable bonds is 3. The maximum atomic E-state index is 13.3. The molecule has 3 heterocycles. The number of nitrogens with one attached hydrogen (secondary N) is 1. The highest BCUT2D eigenvalue weighted by Gasteiger charge is 2.38. The molecule has 0 aromatic carbocycles. The molecule has 1 amide bonds. The highest BCUT2D eigenvalue weighted by Crippen LogP contribution is 2.37. The van der Waals surface area contributed by atoms with E-state index in [0.717, 1.165) is 56.5 Å². The average molecular weight is 367 g/mol. The Labute approximate surface area is 161 Å². The van der Waals surface area contributed by atoms with Crippen molar-refractivity contribution in [2.75, 3.05) is 26.2 Å². The Morgan fingerprint density at radius 1 is 1.22 bits per heavy atom. The molecule has 2 aromatic heterocycles. The van der Waals surface area contributed by atoms with Gasteiger partial charge in [-0.2, -0.15) is 0 Å². The Kier molecular flexibility index (Phi) is 5.39. The number of carbonyl (C=O) groups excluding carboxylic acids is 1. The normalized spacial score (nSPS) is 23.1. The van der Waals surface area contributed by atoms with E-state index in [0.29, 0.717) is 11.8 Å². The fourth-order valence-electron chi connectivity index (χ4n) is 4.75. The SMILES string of the molecule is CC1(C(=O)N2CCNC[C@@H](Cc3ccnc4cccnc34)C2)CCCCC1. The predicted octanol–water partition coefficient (Wildman–Crippen LogP) is 3.19. The van der Waals surface area contributed by atoms with Crippen LogP contribution in [0.5, 0.6) is 0 Å². The van der Waals surface area contributed by atoms with Crippen molar-refractivity contribution in [2.45, 2.75) is 45.4 Å². The summed E-state index contributed by atoms with van der Waals surface area (Å²) >= 11 is 0. The smallest absolute Gasteiger partial charge is 0.228 e. The molecule has 2 aromatic rings. The molecule has 0 bridgehead atoms. The van der Waals surface area contributed by atoms with Gasteiger partial charge < -0.3 is 10.2 Å². The number of hydrogen-bond donors (Lipinski definition) is 1. The lowest BCUT2D eigenvalue weighted by atomic mass is 9.74. The van der Waals surface area contributed by atoms with Gasteiger partial charge in [-0.3, -0.25) is 14.8 Å². The maximum Gasteiger partial charge on any atom is 0.228 e. The van der Waals surface area contributed by atoms with Crippen molar-refractivity contribution < 1.29 is 4.79 Å². The summed E-state index contributed by atoms with van der Waals surface area (Å²) in [6.07, 6.45) is 10.4. The van der Waals surface area contributed by atoms with Gasteiger partial charge in [0, 0.05) is 44.0 Å². The van der Waals surface area contributed by atoms with Gasteiger partial charge in [-0.25, -0.2) is 0 Å². The van der Waals surface area contributed by atoms with Crippen LogP contribution >= 0.6 is 0 Å². The van der Waals surface area contributed by atoms with Crippen molar-refractivity contribution in [3.63, 3.8) is 0 Å². The van der Waals surface area contributed by atoms with E-state index >= 15 is 0 Å². The first kappa shape index (κ1) is 18.4. The topological polar surface area (TPSA) is 58.1 Å². The van der Waals surface area contributed by atoms with Gasteiger partial charge in [-0.1, -0.05) is 26.2 Å².